The van der Waals surface area contributed by atoms with Crippen molar-refractivity contribution in [1.82, 2.24) is 24.2 Å². The summed E-state index contributed by atoms with van der Waals surface area (Å²) in [4.78, 5) is 6.64. The molecule has 0 radical (unpaired) electrons. The smallest absolute Gasteiger partial charge is 0.227 e. The molecule has 0 atom stereocenters. The van der Waals surface area contributed by atoms with Crippen LogP contribution in [0.15, 0.2) is 23.7 Å². The van der Waals surface area contributed by atoms with Gasteiger partial charge in [-0.2, -0.15) is 5.10 Å². The van der Waals surface area contributed by atoms with Crippen molar-refractivity contribution in [3.05, 3.63) is 29.8 Å². The number of aryl methyl sites for hydroxylation is 1. The van der Waals surface area contributed by atoms with E-state index in [1.54, 1.807) is 18.0 Å². The van der Waals surface area contributed by atoms with Crippen LogP contribution in [0, 0.1) is 5.92 Å². The second kappa shape index (κ2) is 10.5. The summed E-state index contributed by atoms with van der Waals surface area (Å²) in [5.74, 6) is 0.446. The molecule has 2 aromatic rings. The van der Waals surface area contributed by atoms with E-state index in [2.05, 4.69) is 21.9 Å². The average molecular weight is 438 g/mol. The third-order valence-electron chi connectivity index (χ3n) is 5.88. The van der Waals surface area contributed by atoms with E-state index < -0.39 is 9.84 Å². The lowest BCUT2D eigenvalue weighted by molar-refractivity contribution is 0.181. The molecule has 1 fully saturated rings. The van der Waals surface area contributed by atoms with Gasteiger partial charge in [-0.05, 0) is 25.3 Å². The number of aromatic nitrogens is 4. The van der Waals surface area contributed by atoms with E-state index in [1.165, 1.54) is 6.42 Å². The Morgan fingerprint density at radius 3 is 2.60 bits per heavy atom. The molecule has 0 unspecified atom stereocenters. The van der Waals surface area contributed by atoms with Crippen LogP contribution in [0.25, 0.3) is 0 Å². The van der Waals surface area contributed by atoms with Crippen LogP contribution in [0.4, 0.5) is 0 Å². The van der Waals surface area contributed by atoms with E-state index in [1.807, 2.05) is 24.0 Å². The Labute approximate surface area is 180 Å². The number of sulfone groups is 1. The summed E-state index contributed by atoms with van der Waals surface area (Å²) >= 11 is 0. The fourth-order valence-electron chi connectivity index (χ4n) is 4.25. The lowest BCUT2D eigenvalue weighted by Gasteiger charge is -2.22. The van der Waals surface area contributed by atoms with Crippen LogP contribution in [0.2, 0.25) is 0 Å². The van der Waals surface area contributed by atoms with Crippen LogP contribution >= 0.6 is 0 Å². The van der Waals surface area contributed by atoms with Crippen molar-refractivity contribution in [2.75, 3.05) is 26.0 Å². The van der Waals surface area contributed by atoms with E-state index in [9.17, 15) is 8.42 Å². The fourth-order valence-corrected chi connectivity index (χ4v) is 6.11. The second-order valence-corrected chi connectivity index (χ2v) is 10.2. The summed E-state index contributed by atoms with van der Waals surface area (Å²) in [7, 11) is 0.105. The molecular formula is C21H35N5O3S. The Morgan fingerprint density at radius 1 is 1.20 bits per heavy atom. The van der Waals surface area contributed by atoms with Crippen LogP contribution in [-0.4, -0.2) is 58.7 Å². The molecule has 30 heavy (non-hydrogen) atoms. The quantitative estimate of drug-likeness (QED) is 0.537. The number of imidazole rings is 1. The van der Waals surface area contributed by atoms with E-state index in [0.717, 1.165) is 50.0 Å². The SMILES string of the molecule is CCN(Cc1cnn(C)c1)Cc1cnc(S(=O)(=O)CC2CCCCC2)n1CCOC. The van der Waals surface area contributed by atoms with Crippen molar-refractivity contribution in [2.45, 2.75) is 63.8 Å². The lowest BCUT2D eigenvalue weighted by Crippen LogP contribution is -2.26. The third-order valence-corrected chi connectivity index (χ3v) is 7.67. The van der Waals surface area contributed by atoms with E-state index in [-0.39, 0.29) is 16.8 Å². The highest BCUT2D eigenvalue weighted by Gasteiger charge is 2.28. The van der Waals surface area contributed by atoms with Crippen LogP contribution < -0.4 is 0 Å². The summed E-state index contributed by atoms with van der Waals surface area (Å²) in [5, 5.41) is 4.43. The molecule has 0 N–H and O–H groups in total. The predicted molar refractivity (Wildman–Crippen MR) is 116 cm³/mol. The molecule has 2 aromatic heterocycles. The van der Waals surface area contributed by atoms with Gasteiger partial charge in [0.25, 0.3) is 0 Å². The molecule has 0 amide bonds. The zero-order valence-corrected chi connectivity index (χ0v) is 19.3. The molecule has 2 heterocycles. The number of methoxy groups -OCH3 is 1. The predicted octanol–water partition coefficient (Wildman–Crippen LogP) is 2.64. The molecule has 3 rings (SSSR count). The topological polar surface area (TPSA) is 82.3 Å². The molecular weight excluding hydrogens is 402 g/mol. The molecule has 0 saturated heterocycles. The van der Waals surface area contributed by atoms with Gasteiger partial charge >= 0.3 is 0 Å². The summed E-state index contributed by atoms with van der Waals surface area (Å²) < 4.78 is 35.3. The van der Waals surface area contributed by atoms with Crippen LogP contribution in [0.3, 0.4) is 0 Å². The molecule has 9 heteroatoms. The van der Waals surface area contributed by atoms with Gasteiger partial charge in [0.2, 0.25) is 15.0 Å². The largest absolute Gasteiger partial charge is 0.383 e. The van der Waals surface area contributed by atoms with Gasteiger partial charge in [-0.1, -0.05) is 26.2 Å². The van der Waals surface area contributed by atoms with Crippen molar-refractivity contribution in [2.24, 2.45) is 13.0 Å². The maximum Gasteiger partial charge on any atom is 0.227 e. The second-order valence-electron chi connectivity index (χ2n) is 8.29. The van der Waals surface area contributed by atoms with Gasteiger partial charge in [-0.15, -0.1) is 0 Å². The van der Waals surface area contributed by atoms with Crippen LogP contribution in [0.5, 0.6) is 0 Å². The minimum atomic E-state index is -3.43. The molecule has 0 bridgehead atoms. The number of hydrogen-bond acceptors (Lipinski definition) is 6. The lowest BCUT2D eigenvalue weighted by atomic mass is 9.91. The first-order valence-electron chi connectivity index (χ1n) is 10.9. The molecule has 1 aliphatic carbocycles. The molecule has 0 aromatic carbocycles. The van der Waals surface area contributed by atoms with Gasteiger partial charge in [0.15, 0.2) is 0 Å². The Hall–Kier alpha value is -1.71. The highest BCUT2D eigenvalue weighted by Crippen LogP contribution is 2.27. The number of nitrogens with zero attached hydrogens (tertiary/aromatic N) is 5. The van der Waals surface area contributed by atoms with Crippen molar-refractivity contribution >= 4 is 9.84 Å². The van der Waals surface area contributed by atoms with Gasteiger partial charge in [0, 0.05) is 45.6 Å². The number of hydrogen-bond donors (Lipinski definition) is 0. The van der Waals surface area contributed by atoms with E-state index in [4.69, 9.17) is 4.74 Å². The first kappa shape index (κ1) is 23.0. The van der Waals surface area contributed by atoms with Crippen molar-refractivity contribution < 1.29 is 13.2 Å². The summed E-state index contributed by atoms with van der Waals surface area (Å²) in [5.41, 5.74) is 2.03. The van der Waals surface area contributed by atoms with Crippen molar-refractivity contribution in [3.63, 3.8) is 0 Å². The van der Waals surface area contributed by atoms with Gasteiger partial charge in [0.05, 0.1) is 30.4 Å². The zero-order valence-electron chi connectivity index (χ0n) is 18.5. The Kier molecular flexibility index (Phi) is 8.07. The Bertz CT molecular complexity index is 900. The third kappa shape index (κ3) is 5.92. The van der Waals surface area contributed by atoms with Crippen molar-refractivity contribution in [1.29, 1.82) is 0 Å². The minimum absolute atomic E-state index is 0.192. The van der Waals surface area contributed by atoms with Gasteiger partial charge in [-0.25, -0.2) is 13.4 Å². The van der Waals surface area contributed by atoms with Gasteiger partial charge in [0.1, 0.15) is 0 Å². The molecule has 168 valence electrons. The summed E-state index contributed by atoms with van der Waals surface area (Å²) in [6.07, 6.45) is 11.1. The standard InChI is InChI=1S/C21H35N5O3S/c1-4-25(15-19-12-23-24(2)14-19)16-20-13-22-21(26(20)10-11-29-3)30(27,28)17-18-8-6-5-7-9-18/h12-14,18H,4-11,15-17H2,1-3H3. The zero-order chi connectivity index (χ0) is 21.6. The molecule has 0 spiro atoms. The Morgan fingerprint density at radius 2 is 1.97 bits per heavy atom. The average Bonchev–Trinajstić information content (AvgIpc) is 3.32. The summed E-state index contributed by atoms with van der Waals surface area (Å²) in [6, 6.07) is 0. The van der Waals surface area contributed by atoms with Gasteiger partial charge in [-0.3, -0.25) is 9.58 Å². The molecule has 8 nitrogen and oxygen atoms in total. The minimum Gasteiger partial charge on any atom is -0.383 e. The molecule has 1 aliphatic rings. The van der Waals surface area contributed by atoms with E-state index >= 15 is 0 Å². The number of rotatable bonds is 11. The summed E-state index contributed by atoms with van der Waals surface area (Å²) in [6.45, 7) is 5.26. The first-order chi connectivity index (χ1) is 14.4. The van der Waals surface area contributed by atoms with Crippen LogP contribution in [-0.2, 0) is 41.3 Å². The van der Waals surface area contributed by atoms with Crippen LogP contribution in [0.1, 0.15) is 50.3 Å². The molecule has 0 aliphatic heterocycles. The highest BCUT2D eigenvalue weighted by molar-refractivity contribution is 7.91. The highest BCUT2D eigenvalue weighted by atomic mass is 32.2. The monoisotopic (exact) mass is 437 g/mol. The molecule has 1 saturated carbocycles. The van der Waals surface area contributed by atoms with Gasteiger partial charge < -0.3 is 9.30 Å². The Balaban J connectivity index is 1.79. The maximum absolute atomic E-state index is 13.2. The maximum atomic E-state index is 13.2. The fraction of sp³-hybridized carbons (Fsp3) is 0.714. The van der Waals surface area contributed by atoms with Crippen molar-refractivity contribution in [3.8, 4) is 0 Å². The first-order valence-corrected chi connectivity index (χ1v) is 12.5. The normalized spacial score (nSPS) is 15.9. The number of ether oxygens (including phenoxy) is 1. The van der Waals surface area contributed by atoms with E-state index in [0.29, 0.717) is 19.7 Å².